The SMILES string of the molecule is CCOC(=O)c1cc2c(Cl)ncnc2n(OCc2ccccc2)c1=O.O=Cc1c(Cl)ncnc1Cl. The van der Waals surface area contributed by atoms with E-state index in [9.17, 15) is 14.4 Å². The van der Waals surface area contributed by atoms with Crippen molar-refractivity contribution in [3.8, 4) is 0 Å². The van der Waals surface area contributed by atoms with Gasteiger partial charge in [-0.15, -0.1) is 4.73 Å². The molecule has 0 spiro atoms. The first-order valence-electron chi connectivity index (χ1n) is 9.89. The number of nitrogens with zero attached hydrogens (tertiary/aromatic N) is 5. The maximum atomic E-state index is 12.7. The average molecular weight is 537 g/mol. The van der Waals surface area contributed by atoms with Gasteiger partial charge < -0.3 is 9.57 Å². The minimum Gasteiger partial charge on any atom is -0.462 e. The van der Waals surface area contributed by atoms with Crippen LogP contribution >= 0.6 is 34.8 Å². The van der Waals surface area contributed by atoms with E-state index in [1.807, 2.05) is 30.3 Å². The molecule has 0 saturated heterocycles. The Bertz CT molecular complexity index is 1400. The van der Waals surface area contributed by atoms with E-state index in [2.05, 4.69) is 19.9 Å². The molecule has 0 aliphatic carbocycles. The lowest BCUT2D eigenvalue weighted by Crippen LogP contribution is -2.32. The van der Waals surface area contributed by atoms with Crippen LogP contribution in [0.1, 0.15) is 33.2 Å². The summed E-state index contributed by atoms with van der Waals surface area (Å²) in [4.78, 5) is 55.6. The standard InChI is InChI=1S/C17H14ClN3O4.C5H2Cl2N2O/c1-2-24-17(23)13-8-12-14(18)19-10-20-15(12)21(16(13)22)25-9-11-6-4-3-5-7-11;6-4-3(1-10)5(7)9-2-8-4/h3-8,10H,2,9H2,1H3;1-2H. The Kier molecular flexibility index (Phi) is 9.07. The normalized spacial score (nSPS) is 10.3. The molecule has 3 aromatic heterocycles. The van der Waals surface area contributed by atoms with Crippen molar-refractivity contribution in [2.24, 2.45) is 0 Å². The van der Waals surface area contributed by atoms with Gasteiger partial charge in [-0.3, -0.25) is 9.59 Å². The van der Waals surface area contributed by atoms with Gasteiger partial charge in [-0.2, -0.15) is 0 Å². The highest BCUT2D eigenvalue weighted by molar-refractivity contribution is 6.36. The molecule has 4 aromatic rings. The van der Waals surface area contributed by atoms with Gasteiger partial charge in [0.1, 0.15) is 40.3 Å². The van der Waals surface area contributed by atoms with Gasteiger partial charge in [0.15, 0.2) is 11.9 Å². The van der Waals surface area contributed by atoms with Gasteiger partial charge in [-0.1, -0.05) is 65.1 Å². The van der Waals surface area contributed by atoms with Crippen LogP contribution in [-0.2, 0) is 11.3 Å². The highest BCUT2D eigenvalue weighted by atomic mass is 35.5. The van der Waals surface area contributed by atoms with E-state index >= 15 is 0 Å². The summed E-state index contributed by atoms with van der Waals surface area (Å²) in [5, 5.41) is 0.581. The molecule has 0 amide bonds. The van der Waals surface area contributed by atoms with Crippen LogP contribution in [0.25, 0.3) is 11.0 Å². The number of carbonyl (C=O) groups excluding carboxylic acids is 2. The Labute approximate surface area is 213 Å². The zero-order chi connectivity index (χ0) is 25.4. The summed E-state index contributed by atoms with van der Waals surface area (Å²) in [7, 11) is 0. The zero-order valence-corrected chi connectivity index (χ0v) is 20.3. The largest absolute Gasteiger partial charge is 0.462 e. The monoisotopic (exact) mass is 535 g/mol. The van der Waals surface area contributed by atoms with Crippen molar-refractivity contribution in [2.75, 3.05) is 6.61 Å². The molecule has 4 rings (SSSR count). The minimum absolute atomic E-state index is 0.0787. The Balaban J connectivity index is 0.000000287. The Hall–Kier alpha value is -3.60. The molecular weight excluding hydrogens is 521 g/mol. The zero-order valence-electron chi connectivity index (χ0n) is 18.0. The Morgan fingerprint density at radius 1 is 1.00 bits per heavy atom. The summed E-state index contributed by atoms with van der Waals surface area (Å²) >= 11 is 17.0. The topological polar surface area (TPSA) is 126 Å². The fourth-order valence-corrected chi connectivity index (χ4v) is 3.29. The van der Waals surface area contributed by atoms with Crippen LogP contribution in [0.15, 0.2) is 53.8 Å². The van der Waals surface area contributed by atoms with Gasteiger partial charge in [-0.05, 0) is 18.6 Å². The number of hydrogen-bond donors (Lipinski definition) is 0. The van der Waals surface area contributed by atoms with E-state index in [1.54, 1.807) is 6.92 Å². The van der Waals surface area contributed by atoms with Crippen LogP contribution < -0.4 is 10.4 Å². The smallest absolute Gasteiger partial charge is 0.343 e. The number of esters is 1. The number of rotatable bonds is 6. The van der Waals surface area contributed by atoms with Crippen molar-refractivity contribution >= 4 is 58.1 Å². The predicted octanol–water partition coefficient (Wildman–Crippen LogP) is 3.85. The molecule has 13 heteroatoms. The summed E-state index contributed by atoms with van der Waals surface area (Å²) in [5.41, 5.74) is 0.291. The highest BCUT2D eigenvalue weighted by Crippen LogP contribution is 2.19. The fourth-order valence-electron chi connectivity index (χ4n) is 2.70. The second kappa shape index (κ2) is 12.2. The molecule has 1 aromatic carbocycles. The molecule has 0 fully saturated rings. The third-order valence-corrected chi connectivity index (χ3v) is 5.22. The van der Waals surface area contributed by atoms with E-state index in [1.165, 1.54) is 18.7 Å². The molecule has 0 bridgehead atoms. The number of aldehydes is 1. The van der Waals surface area contributed by atoms with Crippen LogP contribution in [0.4, 0.5) is 0 Å². The predicted molar refractivity (Wildman–Crippen MR) is 129 cm³/mol. The van der Waals surface area contributed by atoms with E-state index in [0.717, 1.165) is 10.3 Å². The summed E-state index contributed by atoms with van der Waals surface area (Å²) in [5.74, 6) is -0.758. The summed E-state index contributed by atoms with van der Waals surface area (Å²) in [6.07, 6.45) is 2.93. The molecule has 10 nitrogen and oxygen atoms in total. The molecule has 3 heterocycles. The maximum absolute atomic E-state index is 12.7. The quantitative estimate of drug-likeness (QED) is 0.205. The van der Waals surface area contributed by atoms with Crippen molar-refractivity contribution < 1.29 is 19.2 Å². The molecule has 0 saturated carbocycles. The van der Waals surface area contributed by atoms with E-state index < -0.39 is 11.5 Å². The van der Waals surface area contributed by atoms with Gasteiger partial charge in [0, 0.05) is 0 Å². The van der Waals surface area contributed by atoms with Crippen LogP contribution in [0, 0.1) is 0 Å². The third kappa shape index (κ3) is 6.30. The lowest BCUT2D eigenvalue weighted by Gasteiger charge is -2.13. The molecule has 0 atom stereocenters. The van der Waals surface area contributed by atoms with Gasteiger partial charge in [0.25, 0.3) is 5.56 Å². The fraction of sp³-hybridized carbons (Fsp3) is 0.136. The van der Waals surface area contributed by atoms with Crippen molar-refractivity contribution in [3.05, 3.63) is 91.6 Å². The number of ether oxygens (including phenoxy) is 1. The number of fused-ring (bicyclic) bond motifs is 1. The van der Waals surface area contributed by atoms with Gasteiger partial charge in [0.05, 0.1) is 17.6 Å². The number of pyridine rings is 1. The minimum atomic E-state index is -0.758. The Morgan fingerprint density at radius 2 is 1.63 bits per heavy atom. The molecule has 0 radical (unpaired) electrons. The molecule has 0 aliphatic rings. The molecule has 0 aliphatic heterocycles. The van der Waals surface area contributed by atoms with Crippen molar-refractivity contribution in [3.63, 3.8) is 0 Å². The summed E-state index contributed by atoms with van der Waals surface area (Å²) in [6.45, 7) is 1.91. The second-order valence-corrected chi connectivity index (χ2v) is 7.60. The van der Waals surface area contributed by atoms with Gasteiger partial charge >= 0.3 is 5.97 Å². The molecule has 35 heavy (non-hydrogen) atoms. The number of hydrogen-bond acceptors (Lipinski definition) is 9. The molecule has 0 unspecified atom stereocenters. The first-order chi connectivity index (χ1) is 16.9. The van der Waals surface area contributed by atoms with Crippen LogP contribution in [-0.4, -0.2) is 43.5 Å². The number of benzene rings is 1. The first kappa shape index (κ1) is 26.0. The maximum Gasteiger partial charge on any atom is 0.343 e. The number of aromatic nitrogens is 5. The number of halogens is 3. The van der Waals surface area contributed by atoms with Crippen LogP contribution in [0.3, 0.4) is 0 Å². The summed E-state index contributed by atoms with van der Waals surface area (Å²) in [6, 6.07) is 10.6. The highest BCUT2D eigenvalue weighted by Gasteiger charge is 2.20. The van der Waals surface area contributed by atoms with Gasteiger partial charge in [0.2, 0.25) is 0 Å². The van der Waals surface area contributed by atoms with Gasteiger partial charge in [-0.25, -0.2) is 24.7 Å². The van der Waals surface area contributed by atoms with Crippen molar-refractivity contribution in [2.45, 2.75) is 13.5 Å². The number of carbonyl (C=O) groups is 2. The Morgan fingerprint density at radius 3 is 2.23 bits per heavy atom. The van der Waals surface area contributed by atoms with Crippen LogP contribution in [0.2, 0.25) is 15.5 Å². The van der Waals surface area contributed by atoms with E-state index in [-0.39, 0.29) is 45.4 Å². The molecule has 180 valence electrons. The second-order valence-electron chi connectivity index (χ2n) is 6.53. The van der Waals surface area contributed by atoms with E-state index in [4.69, 9.17) is 44.4 Å². The molecular formula is C22H16Cl3N5O5. The van der Waals surface area contributed by atoms with Crippen LogP contribution in [0.5, 0.6) is 0 Å². The van der Waals surface area contributed by atoms with Crippen molar-refractivity contribution in [1.82, 2.24) is 24.7 Å². The lowest BCUT2D eigenvalue weighted by molar-refractivity contribution is 0.0512. The van der Waals surface area contributed by atoms with E-state index in [0.29, 0.717) is 11.7 Å². The summed E-state index contributed by atoms with van der Waals surface area (Å²) < 4.78 is 5.87. The first-order valence-corrected chi connectivity index (χ1v) is 11.0. The third-order valence-electron chi connectivity index (χ3n) is 4.31. The lowest BCUT2D eigenvalue weighted by atomic mass is 10.2. The molecule has 0 N–H and O–H groups in total. The van der Waals surface area contributed by atoms with Crippen molar-refractivity contribution in [1.29, 1.82) is 0 Å². The average Bonchev–Trinajstić information content (AvgIpc) is 2.85.